The van der Waals surface area contributed by atoms with Crippen LogP contribution < -0.4 is 0 Å². The van der Waals surface area contributed by atoms with Crippen molar-refractivity contribution in [2.45, 2.75) is 26.7 Å². The summed E-state index contributed by atoms with van der Waals surface area (Å²) in [6, 6.07) is 0. The fourth-order valence-electron chi connectivity index (χ4n) is 3.25. The Morgan fingerprint density at radius 1 is 0.727 bits per heavy atom. The molecule has 0 aromatic heterocycles. The van der Waals surface area contributed by atoms with Gasteiger partial charge in [-0.25, -0.2) is 9.59 Å². The third-order valence-electron chi connectivity index (χ3n) is 4.43. The Bertz CT molecular complexity index is 509. The maximum Gasteiger partial charge on any atom is 0.337 e. The summed E-state index contributed by atoms with van der Waals surface area (Å²) in [5.41, 5.74) is 1.24. The molecular weight excluding hydrogens is 288 g/mol. The molecule has 2 unspecified atom stereocenters. The summed E-state index contributed by atoms with van der Waals surface area (Å²) in [6.45, 7) is 4.66. The molecule has 22 heavy (non-hydrogen) atoms. The molecule has 0 radical (unpaired) electrons. The molecule has 0 bridgehead atoms. The lowest BCUT2D eigenvalue weighted by molar-refractivity contribution is -0.148. The highest BCUT2D eigenvalue weighted by Gasteiger charge is 2.36. The van der Waals surface area contributed by atoms with E-state index < -0.39 is 0 Å². The monoisotopic (exact) mass is 308 g/mol. The van der Waals surface area contributed by atoms with Crippen LogP contribution in [0.2, 0.25) is 0 Å². The number of hydrogen-bond donors (Lipinski definition) is 0. The van der Waals surface area contributed by atoms with Crippen LogP contribution in [-0.4, -0.2) is 38.4 Å². The Morgan fingerprint density at radius 2 is 1.14 bits per heavy atom. The van der Waals surface area contributed by atoms with Gasteiger partial charge in [-0.3, -0.25) is 0 Å². The Kier molecular flexibility index (Phi) is 4.09. The molecule has 0 N–H and O–H groups in total. The minimum absolute atomic E-state index is 0.0186. The first kappa shape index (κ1) is 14.9. The average molecular weight is 308 g/mol. The summed E-state index contributed by atoms with van der Waals surface area (Å²) >= 11 is 0. The van der Waals surface area contributed by atoms with E-state index in [1.165, 1.54) is 0 Å². The third-order valence-corrected chi connectivity index (χ3v) is 4.43. The van der Waals surface area contributed by atoms with Gasteiger partial charge >= 0.3 is 11.9 Å². The number of ether oxygens (including phenoxy) is 4. The molecule has 0 aromatic rings. The van der Waals surface area contributed by atoms with Crippen LogP contribution in [-0.2, 0) is 28.5 Å². The zero-order valence-electron chi connectivity index (χ0n) is 12.8. The molecule has 1 fully saturated rings. The van der Waals surface area contributed by atoms with E-state index >= 15 is 0 Å². The molecule has 3 heterocycles. The zero-order chi connectivity index (χ0) is 15.7. The van der Waals surface area contributed by atoms with Crippen molar-refractivity contribution in [3.8, 4) is 0 Å². The molecule has 0 saturated carbocycles. The molecule has 2 atom stereocenters. The number of cyclic esters (lactones) is 2. The summed E-state index contributed by atoms with van der Waals surface area (Å²) in [4.78, 5) is 24.3. The molecule has 0 amide bonds. The smallest absolute Gasteiger partial charge is 0.337 e. The molecule has 0 aromatic carbocycles. The first-order valence-corrected chi connectivity index (χ1v) is 7.59. The van der Waals surface area contributed by atoms with Gasteiger partial charge < -0.3 is 18.9 Å². The number of rotatable bonds is 0. The van der Waals surface area contributed by atoms with Crippen molar-refractivity contribution >= 4 is 11.9 Å². The quantitative estimate of drug-likeness (QED) is 0.634. The Balaban J connectivity index is 1.82. The van der Waals surface area contributed by atoms with Gasteiger partial charge in [0.15, 0.2) is 0 Å². The van der Waals surface area contributed by atoms with Gasteiger partial charge in [0.25, 0.3) is 0 Å². The van der Waals surface area contributed by atoms with Crippen LogP contribution in [0.5, 0.6) is 0 Å². The van der Waals surface area contributed by atoms with Gasteiger partial charge in [-0.2, -0.15) is 0 Å². The van der Waals surface area contributed by atoms with Crippen molar-refractivity contribution in [3.05, 3.63) is 22.7 Å². The van der Waals surface area contributed by atoms with E-state index in [9.17, 15) is 9.59 Å². The summed E-state index contributed by atoms with van der Waals surface area (Å²) in [5.74, 6) is 0.574. The van der Waals surface area contributed by atoms with E-state index in [1.807, 2.05) is 0 Å². The van der Waals surface area contributed by atoms with E-state index in [-0.39, 0.29) is 37.0 Å². The lowest BCUT2D eigenvalue weighted by Crippen LogP contribution is -2.23. The fourth-order valence-corrected chi connectivity index (χ4v) is 3.25. The predicted molar refractivity (Wildman–Crippen MR) is 75.4 cm³/mol. The Labute approximate surface area is 129 Å². The molecule has 6 heteroatoms. The number of esters is 2. The first-order valence-electron chi connectivity index (χ1n) is 7.59. The Morgan fingerprint density at radius 3 is 1.55 bits per heavy atom. The van der Waals surface area contributed by atoms with Crippen LogP contribution in [0.3, 0.4) is 0 Å². The molecule has 3 aliphatic heterocycles. The van der Waals surface area contributed by atoms with Gasteiger partial charge in [0.2, 0.25) is 0 Å². The zero-order valence-corrected chi connectivity index (χ0v) is 12.8. The normalized spacial score (nSPS) is 29.5. The maximum absolute atomic E-state index is 12.1. The number of carbonyl (C=O) groups excluding carboxylic acids is 2. The highest BCUT2D eigenvalue weighted by atomic mass is 16.6. The van der Waals surface area contributed by atoms with Crippen molar-refractivity contribution in [2.24, 2.45) is 11.8 Å². The van der Waals surface area contributed by atoms with Crippen molar-refractivity contribution < 1.29 is 28.5 Å². The number of carbonyl (C=O) groups is 2. The summed E-state index contributed by atoms with van der Waals surface area (Å²) < 4.78 is 21.4. The van der Waals surface area contributed by atoms with E-state index in [0.29, 0.717) is 35.9 Å². The average Bonchev–Trinajstić information content (AvgIpc) is 3.03. The predicted octanol–water partition coefficient (Wildman–Crippen LogP) is 1.71. The largest absolute Gasteiger partial charge is 0.497 e. The van der Waals surface area contributed by atoms with Crippen molar-refractivity contribution in [2.75, 3.05) is 26.4 Å². The first-order chi connectivity index (χ1) is 10.6. The van der Waals surface area contributed by atoms with Gasteiger partial charge in [-0.1, -0.05) is 0 Å². The summed E-state index contributed by atoms with van der Waals surface area (Å²) in [7, 11) is 0. The highest BCUT2D eigenvalue weighted by Crippen LogP contribution is 2.35. The molecule has 3 aliphatic rings. The fraction of sp³-hybridized carbons (Fsp3) is 0.625. The summed E-state index contributed by atoms with van der Waals surface area (Å²) in [6.07, 6.45) is 1.50. The van der Waals surface area contributed by atoms with Gasteiger partial charge in [0, 0.05) is 11.8 Å². The molecule has 0 aliphatic carbocycles. The Hall–Kier alpha value is -1.98. The second-order valence-corrected chi connectivity index (χ2v) is 5.80. The molecule has 0 spiro atoms. The van der Waals surface area contributed by atoms with Crippen molar-refractivity contribution in [1.82, 2.24) is 0 Å². The molecule has 1 saturated heterocycles. The summed E-state index contributed by atoms with van der Waals surface area (Å²) in [5, 5.41) is 0. The number of allylic oxidation sites excluding steroid dienone is 2. The van der Waals surface area contributed by atoms with E-state index in [4.69, 9.17) is 18.9 Å². The number of fused-ring (bicyclic) bond motifs is 2. The van der Waals surface area contributed by atoms with E-state index in [2.05, 4.69) is 0 Å². The van der Waals surface area contributed by atoms with Crippen molar-refractivity contribution in [1.29, 1.82) is 0 Å². The van der Waals surface area contributed by atoms with Crippen LogP contribution in [0.15, 0.2) is 22.7 Å². The van der Waals surface area contributed by atoms with E-state index in [1.54, 1.807) is 13.8 Å². The minimum atomic E-state index is -0.369. The van der Waals surface area contributed by atoms with Gasteiger partial charge in [-0.15, -0.1) is 0 Å². The van der Waals surface area contributed by atoms with Crippen molar-refractivity contribution in [3.63, 3.8) is 0 Å². The third kappa shape index (κ3) is 2.69. The molecule has 3 rings (SSSR count). The topological polar surface area (TPSA) is 71.1 Å². The van der Waals surface area contributed by atoms with Gasteiger partial charge in [0.1, 0.15) is 24.7 Å². The van der Waals surface area contributed by atoms with Crippen LogP contribution in [0, 0.1) is 11.8 Å². The maximum atomic E-state index is 12.1. The van der Waals surface area contributed by atoms with Crippen LogP contribution in [0.4, 0.5) is 0 Å². The number of hydrogen-bond acceptors (Lipinski definition) is 6. The van der Waals surface area contributed by atoms with Crippen LogP contribution >= 0.6 is 0 Å². The van der Waals surface area contributed by atoms with Crippen LogP contribution in [0.25, 0.3) is 0 Å². The lowest BCUT2D eigenvalue weighted by atomic mass is 9.88. The van der Waals surface area contributed by atoms with Gasteiger partial charge in [0.05, 0.1) is 24.4 Å². The molecule has 6 nitrogen and oxygen atoms in total. The lowest BCUT2D eigenvalue weighted by Gasteiger charge is -2.18. The van der Waals surface area contributed by atoms with E-state index in [0.717, 1.165) is 12.8 Å². The molecular formula is C16H20O6. The SMILES string of the molecule is CC1=C2C(=O)OCCOC(=O)C3=C(C)OCC3CCC2CO1. The van der Waals surface area contributed by atoms with Crippen LogP contribution in [0.1, 0.15) is 26.7 Å². The minimum Gasteiger partial charge on any atom is -0.497 e. The second kappa shape index (κ2) is 6.02. The standard InChI is InChI=1S/C16H20O6/c1-9-13-11(7-21-9)3-4-12-8-22-10(2)14(12)16(18)20-6-5-19-15(13)17/h11-12H,3-8H2,1-2H3. The second-order valence-electron chi connectivity index (χ2n) is 5.80. The van der Waals surface area contributed by atoms with Gasteiger partial charge in [-0.05, 0) is 26.7 Å². The molecule has 120 valence electrons. The highest BCUT2D eigenvalue weighted by molar-refractivity contribution is 5.91.